The first-order valence-electron chi connectivity index (χ1n) is 10.8. The molecule has 1 amide bonds. The fourth-order valence-corrected chi connectivity index (χ4v) is 4.23. The molecule has 33 heavy (non-hydrogen) atoms. The second kappa shape index (κ2) is 9.00. The molecule has 3 aromatic rings. The van der Waals surface area contributed by atoms with E-state index in [1.807, 2.05) is 4.90 Å². The van der Waals surface area contributed by atoms with Crippen LogP contribution in [0.5, 0.6) is 5.88 Å². The smallest absolute Gasteiger partial charge is 0.255 e. The summed E-state index contributed by atoms with van der Waals surface area (Å²) in [5.74, 6) is -0.590. The van der Waals surface area contributed by atoms with Gasteiger partial charge >= 0.3 is 0 Å². The van der Waals surface area contributed by atoms with Crippen molar-refractivity contribution in [3.8, 4) is 28.9 Å². The van der Waals surface area contributed by atoms with Crippen LogP contribution in [0.15, 0.2) is 36.7 Å². The maximum absolute atomic E-state index is 14.4. The Balaban J connectivity index is 1.56. The van der Waals surface area contributed by atoms with Crippen molar-refractivity contribution in [2.24, 2.45) is 0 Å². The maximum Gasteiger partial charge on any atom is 0.255 e. The molecule has 1 atom stereocenters. The van der Waals surface area contributed by atoms with Crippen molar-refractivity contribution < 1.29 is 14.3 Å². The number of halogens is 1. The maximum atomic E-state index is 14.4. The van der Waals surface area contributed by atoms with Crippen LogP contribution in [-0.4, -0.2) is 67.8 Å². The SMILES string of the molecule is CCN1CCN(C(=O)c2ccc(-n3ncc(-c4ccc(C#N)c(F)c4C)c3O)nc2)C[C@@H]1C. The summed E-state index contributed by atoms with van der Waals surface area (Å²) in [6, 6.07) is 8.32. The summed E-state index contributed by atoms with van der Waals surface area (Å²) in [6.07, 6.45) is 2.89. The molecule has 1 aromatic carbocycles. The highest BCUT2D eigenvalue weighted by Gasteiger charge is 2.26. The molecule has 0 aliphatic carbocycles. The van der Waals surface area contributed by atoms with Crippen molar-refractivity contribution in [1.29, 1.82) is 5.26 Å². The molecular weight excluding hydrogens is 423 g/mol. The van der Waals surface area contributed by atoms with Gasteiger partial charge in [-0.2, -0.15) is 15.0 Å². The number of carbonyl (C=O) groups excluding carboxylic acids is 1. The van der Waals surface area contributed by atoms with Crippen LogP contribution in [0.3, 0.4) is 0 Å². The number of amides is 1. The lowest BCUT2D eigenvalue weighted by Gasteiger charge is -2.39. The van der Waals surface area contributed by atoms with Gasteiger partial charge in [0.05, 0.1) is 22.9 Å². The van der Waals surface area contributed by atoms with E-state index in [4.69, 9.17) is 5.26 Å². The molecule has 170 valence electrons. The van der Waals surface area contributed by atoms with Gasteiger partial charge in [0.15, 0.2) is 5.82 Å². The van der Waals surface area contributed by atoms with Crippen molar-refractivity contribution in [1.82, 2.24) is 24.6 Å². The van der Waals surface area contributed by atoms with Gasteiger partial charge in [0.25, 0.3) is 5.91 Å². The highest BCUT2D eigenvalue weighted by molar-refractivity contribution is 5.94. The van der Waals surface area contributed by atoms with E-state index in [1.54, 1.807) is 31.2 Å². The number of nitriles is 1. The molecule has 1 aliphatic rings. The summed E-state index contributed by atoms with van der Waals surface area (Å²) in [4.78, 5) is 21.4. The van der Waals surface area contributed by atoms with Gasteiger partial charge in [0, 0.05) is 31.9 Å². The Morgan fingerprint density at radius 3 is 2.67 bits per heavy atom. The molecule has 1 N–H and O–H groups in total. The zero-order valence-corrected chi connectivity index (χ0v) is 18.8. The number of aromatic nitrogens is 3. The molecule has 1 saturated heterocycles. The molecule has 8 nitrogen and oxygen atoms in total. The molecular formula is C24H25FN6O2. The lowest BCUT2D eigenvalue weighted by atomic mass is 10.00. The van der Waals surface area contributed by atoms with E-state index in [-0.39, 0.29) is 22.9 Å². The Hall–Kier alpha value is -3.77. The Morgan fingerprint density at radius 2 is 2.03 bits per heavy atom. The van der Waals surface area contributed by atoms with Gasteiger partial charge in [-0.1, -0.05) is 13.0 Å². The van der Waals surface area contributed by atoms with Gasteiger partial charge in [-0.3, -0.25) is 9.69 Å². The molecule has 1 fully saturated rings. The van der Waals surface area contributed by atoms with Gasteiger partial charge in [-0.25, -0.2) is 9.37 Å². The predicted molar refractivity (Wildman–Crippen MR) is 120 cm³/mol. The zero-order chi connectivity index (χ0) is 23.7. The zero-order valence-electron chi connectivity index (χ0n) is 18.8. The number of benzene rings is 1. The van der Waals surface area contributed by atoms with Crippen LogP contribution >= 0.6 is 0 Å². The van der Waals surface area contributed by atoms with E-state index in [2.05, 4.69) is 28.8 Å². The largest absolute Gasteiger partial charge is 0.493 e. The van der Waals surface area contributed by atoms with Crippen molar-refractivity contribution in [3.05, 3.63) is 59.2 Å². The number of pyridine rings is 1. The second-order valence-corrected chi connectivity index (χ2v) is 8.14. The van der Waals surface area contributed by atoms with Gasteiger partial charge in [0.1, 0.15) is 11.9 Å². The third kappa shape index (κ3) is 4.05. The number of likely N-dealkylation sites (N-methyl/N-ethyl adjacent to an activating group) is 1. The monoisotopic (exact) mass is 448 g/mol. The number of carbonyl (C=O) groups is 1. The van der Waals surface area contributed by atoms with Crippen LogP contribution in [0.4, 0.5) is 4.39 Å². The topological polar surface area (TPSA) is 98.3 Å². The van der Waals surface area contributed by atoms with E-state index in [9.17, 15) is 14.3 Å². The molecule has 0 radical (unpaired) electrons. The van der Waals surface area contributed by atoms with Gasteiger partial charge < -0.3 is 10.0 Å². The van der Waals surface area contributed by atoms with Crippen LogP contribution in [-0.2, 0) is 0 Å². The molecule has 0 bridgehead atoms. The minimum Gasteiger partial charge on any atom is -0.493 e. The summed E-state index contributed by atoms with van der Waals surface area (Å²) in [5.41, 5.74) is 1.40. The average molecular weight is 449 g/mol. The summed E-state index contributed by atoms with van der Waals surface area (Å²) in [7, 11) is 0. The summed E-state index contributed by atoms with van der Waals surface area (Å²) in [6.45, 7) is 8.91. The van der Waals surface area contributed by atoms with E-state index in [0.29, 0.717) is 41.6 Å². The van der Waals surface area contributed by atoms with Gasteiger partial charge in [-0.05, 0) is 49.7 Å². The molecule has 0 saturated carbocycles. The Labute approximate surface area is 191 Å². The van der Waals surface area contributed by atoms with Crippen molar-refractivity contribution in [2.75, 3.05) is 26.2 Å². The summed E-state index contributed by atoms with van der Waals surface area (Å²) in [5, 5.41) is 23.9. The average Bonchev–Trinajstić information content (AvgIpc) is 3.21. The van der Waals surface area contributed by atoms with E-state index in [0.717, 1.165) is 13.1 Å². The number of nitrogens with zero attached hydrogens (tertiary/aromatic N) is 6. The highest BCUT2D eigenvalue weighted by atomic mass is 19.1. The van der Waals surface area contributed by atoms with Crippen molar-refractivity contribution >= 4 is 5.91 Å². The quantitative estimate of drug-likeness (QED) is 0.659. The van der Waals surface area contributed by atoms with Crippen LogP contribution in [0.2, 0.25) is 0 Å². The molecule has 3 heterocycles. The number of aromatic hydroxyl groups is 1. The molecule has 4 rings (SSSR count). The van der Waals surface area contributed by atoms with Crippen LogP contribution < -0.4 is 0 Å². The number of rotatable bonds is 4. The second-order valence-electron chi connectivity index (χ2n) is 8.14. The van der Waals surface area contributed by atoms with E-state index in [1.165, 1.54) is 23.1 Å². The Bertz CT molecular complexity index is 1230. The predicted octanol–water partition coefficient (Wildman–Crippen LogP) is 3.13. The number of hydrogen-bond donors (Lipinski definition) is 1. The fraction of sp³-hybridized carbons (Fsp3) is 0.333. The number of hydrogen-bond acceptors (Lipinski definition) is 6. The highest BCUT2D eigenvalue weighted by Crippen LogP contribution is 2.34. The van der Waals surface area contributed by atoms with E-state index < -0.39 is 5.82 Å². The lowest BCUT2D eigenvalue weighted by Crippen LogP contribution is -2.53. The minimum absolute atomic E-state index is 0.0597. The fourth-order valence-electron chi connectivity index (χ4n) is 4.23. The standard InChI is InChI=1S/C24H25FN6O2/c1-4-29-9-10-30(14-15(29)2)23(32)18-6-8-21(27-12-18)31-24(33)20(13-28-31)19-7-5-17(11-26)22(25)16(19)3/h5-8,12-13,15,33H,4,9-10,14H2,1-3H3/t15-/m0/s1. The Morgan fingerprint density at radius 1 is 1.24 bits per heavy atom. The summed E-state index contributed by atoms with van der Waals surface area (Å²) >= 11 is 0. The van der Waals surface area contributed by atoms with Crippen LogP contribution in [0.25, 0.3) is 16.9 Å². The molecule has 0 unspecified atom stereocenters. The minimum atomic E-state index is -0.628. The van der Waals surface area contributed by atoms with Crippen LogP contribution in [0, 0.1) is 24.1 Å². The first-order chi connectivity index (χ1) is 15.8. The third-order valence-electron chi connectivity index (χ3n) is 6.21. The third-order valence-corrected chi connectivity index (χ3v) is 6.21. The summed E-state index contributed by atoms with van der Waals surface area (Å²) < 4.78 is 15.6. The first kappa shape index (κ1) is 22.4. The molecule has 0 spiro atoms. The lowest BCUT2D eigenvalue weighted by molar-refractivity contribution is 0.0528. The Kier molecular flexibility index (Phi) is 6.11. The van der Waals surface area contributed by atoms with Crippen molar-refractivity contribution in [3.63, 3.8) is 0 Å². The number of piperazine rings is 1. The van der Waals surface area contributed by atoms with E-state index >= 15 is 0 Å². The molecule has 1 aliphatic heterocycles. The first-order valence-corrected chi connectivity index (χ1v) is 10.8. The molecule has 2 aromatic heterocycles. The van der Waals surface area contributed by atoms with Gasteiger partial charge in [0.2, 0.25) is 5.88 Å². The molecule has 9 heteroatoms. The van der Waals surface area contributed by atoms with Crippen LogP contribution in [0.1, 0.15) is 35.3 Å². The van der Waals surface area contributed by atoms with Crippen molar-refractivity contribution in [2.45, 2.75) is 26.8 Å². The van der Waals surface area contributed by atoms with Gasteiger partial charge in [-0.15, -0.1) is 0 Å². The normalized spacial score (nSPS) is 16.6.